The van der Waals surface area contributed by atoms with Crippen molar-refractivity contribution in [3.63, 3.8) is 0 Å². The van der Waals surface area contributed by atoms with Gasteiger partial charge in [0.15, 0.2) is 5.78 Å². The fourth-order valence-electron chi connectivity index (χ4n) is 4.24. The van der Waals surface area contributed by atoms with Gasteiger partial charge in [-0.3, -0.25) is 14.4 Å². The van der Waals surface area contributed by atoms with E-state index < -0.39 is 6.04 Å². The fraction of sp³-hybridized carbons (Fsp3) is 0.375. The first kappa shape index (κ1) is 19.4. The predicted molar refractivity (Wildman–Crippen MR) is 112 cm³/mol. The van der Waals surface area contributed by atoms with E-state index in [1.165, 1.54) is 0 Å². The Balaban J connectivity index is 1.52. The Labute approximate surface area is 171 Å². The van der Waals surface area contributed by atoms with Crippen LogP contribution in [-0.4, -0.2) is 41.6 Å². The molecule has 150 valence electrons. The van der Waals surface area contributed by atoms with Crippen LogP contribution in [0.1, 0.15) is 57.5 Å². The van der Waals surface area contributed by atoms with Gasteiger partial charge < -0.3 is 9.80 Å². The van der Waals surface area contributed by atoms with E-state index in [4.69, 9.17) is 0 Å². The highest BCUT2D eigenvalue weighted by molar-refractivity contribution is 6.05. The Morgan fingerprint density at radius 3 is 2.28 bits per heavy atom. The van der Waals surface area contributed by atoms with Gasteiger partial charge in [0.1, 0.15) is 0 Å². The zero-order valence-electron chi connectivity index (χ0n) is 17.0. The Kier molecular flexibility index (Phi) is 5.22. The zero-order valence-corrected chi connectivity index (χ0v) is 17.0. The van der Waals surface area contributed by atoms with Crippen LogP contribution >= 0.6 is 0 Å². The molecule has 2 aliphatic rings. The molecule has 0 N–H and O–H groups in total. The number of ketones is 1. The Morgan fingerprint density at radius 1 is 0.897 bits per heavy atom. The minimum absolute atomic E-state index is 0.0123. The minimum atomic E-state index is -0.413. The van der Waals surface area contributed by atoms with Gasteiger partial charge in [-0.05, 0) is 74.6 Å². The van der Waals surface area contributed by atoms with Crippen LogP contribution in [0.25, 0.3) is 0 Å². The van der Waals surface area contributed by atoms with Crippen molar-refractivity contribution in [3.8, 4) is 0 Å². The number of benzene rings is 2. The molecule has 5 nitrogen and oxygen atoms in total. The third-order valence-electron chi connectivity index (χ3n) is 6.11. The Morgan fingerprint density at radius 2 is 1.62 bits per heavy atom. The number of likely N-dealkylation sites (tertiary alicyclic amines) is 1. The van der Waals surface area contributed by atoms with Gasteiger partial charge >= 0.3 is 0 Å². The number of Topliss-reactive ketones (excluding diaryl/α,β-unsaturated/α-hetero) is 1. The summed E-state index contributed by atoms with van der Waals surface area (Å²) in [5, 5.41) is 0. The molecule has 2 aromatic carbocycles. The SMILES string of the molecule is Cc1ccc(C(=O)C2CCCN2C(=O)c2ccc(N3CCCC3=O)cc2)cc1C. The number of carbonyl (C=O) groups excluding carboxylic acids is 3. The topological polar surface area (TPSA) is 57.7 Å². The summed E-state index contributed by atoms with van der Waals surface area (Å²) in [5.41, 5.74) is 4.28. The normalized spacial score (nSPS) is 19.1. The maximum atomic E-state index is 13.1. The van der Waals surface area contributed by atoms with Gasteiger partial charge in [0.2, 0.25) is 5.91 Å². The first-order valence-corrected chi connectivity index (χ1v) is 10.3. The monoisotopic (exact) mass is 390 g/mol. The molecule has 2 amide bonds. The summed E-state index contributed by atoms with van der Waals surface area (Å²) in [6.45, 7) is 5.34. The lowest BCUT2D eigenvalue weighted by Crippen LogP contribution is -2.40. The van der Waals surface area contributed by atoms with Crippen molar-refractivity contribution in [3.05, 3.63) is 64.7 Å². The molecule has 2 aliphatic heterocycles. The lowest BCUT2D eigenvalue weighted by Gasteiger charge is -2.24. The second-order valence-electron chi connectivity index (χ2n) is 8.02. The smallest absolute Gasteiger partial charge is 0.254 e. The molecule has 29 heavy (non-hydrogen) atoms. The summed E-state index contributed by atoms with van der Waals surface area (Å²) in [4.78, 5) is 41.6. The van der Waals surface area contributed by atoms with Gasteiger partial charge in [-0.25, -0.2) is 0 Å². The summed E-state index contributed by atoms with van der Waals surface area (Å²) in [5.74, 6) is 0.0184. The second kappa shape index (κ2) is 7.82. The van der Waals surface area contributed by atoms with E-state index in [9.17, 15) is 14.4 Å². The molecular formula is C24H26N2O3. The predicted octanol–water partition coefficient (Wildman–Crippen LogP) is 3.92. The molecule has 1 unspecified atom stereocenters. The number of anilines is 1. The molecule has 4 rings (SSSR count). The molecule has 0 aliphatic carbocycles. The second-order valence-corrected chi connectivity index (χ2v) is 8.02. The van der Waals surface area contributed by atoms with E-state index in [1.807, 2.05) is 44.2 Å². The van der Waals surface area contributed by atoms with E-state index in [1.54, 1.807) is 21.9 Å². The molecule has 2 aromatic rings. The molecule has 2 saturated heterocycles. The Hall–Kier alpha value is -2.95. The minimum Gasteiger partial charge on any atom is -0.328 e. The number of hydrogen-bond acceptors (Lipinski definition) is 3. The Bertz CT molecular complexity index is 965. The lowest BCUT2D eigenvalue weighted by molar-refractivity contribution is -0.117. The first-order chi connectivity index (χ1) is 14.0. The van der Waals surface area contributed by atoms with E-state index in [0.29, 0.717) is 30.5 Å². The van der Waals surface area contributed by atoms with Crippen LogP contribution in [0.3, 0.4) is 0 Å². The van der Waals surface area contributed by atoms with Crippen LogP contribution in [0.4, 0.5) is 5.69 Å². The highest BCUT2D eigenvalue weighted by Crippen LogP contribution is 2.26. The summed E-state index contributed by atoms with van der Waals surface area (Å²) in [6, 6.07) is 12.5. The average Bonchev–Trinajstić information content (AvgIpc) is 3.38. The van der Waals surface area contributed by atoms with E-state index in [2.05, 4.69) is 0 Å². The summed E-state index contributed by atoms with van der Waals surface area (Å²) < 4.78 is 0. The summed E-state index contributed by atoms with van der Waals surface area (Å²) in [6.07, 6.45) is 2.97. The van der Waals surface area contributed by atoms with Gasteiger partial charge in [-0.1, -0.05) is 12.1 Å². The third kappa shape index (κ3) is 3.69. The van der Waals surface area contributed by atoms with Crippen LogP contribution in [0, 0.1) is 13.8 Å². The quantitative estimate of drug-likeness (QED) is 0.744. The maximum Gasteiger partial charge on any atom is 0.254 e. The van der Waals surface area contributed by atoms with Crippen LogP contribution < -0.4 is 4.90 Å². The standard InChI is InChI=1S/C24H26N2O3/c1-16-7-8-19(15-17(16)2)23(28)21-5-3-14-26(21)24(29)18-9-11-20(12-10-18)25-13-4-6-22(25)27/h7-12,15,21H,3-6,13-14H2,1-2H3. The highest BCUT2D eigenvalue weighted by atomic mass is 16.2. The van der Waals surface area contributed by atoms with Crippen LogP contribution in [0.5, 0.6) is 0 Å². The van der Waals surface area contributed by atoms with E-state index in [-0.39, 0.29) is 17.6 Å². The van der Waals surface area contributed by atoms with Crippen LogP contribution in [0.15, 0.2) is 42.5 Å². The number of aryl methyl sites for hydroxylation is 2. The highest BCUT2D eigenvalue weighted by Gasteiger charge is 2.35. The molecule has 2 fully saturated rings. The van der Waals surface area contributed by atoms with Gasteiger partial charge in [-0.15, -0.1) is 0 Å². The molecule has 0 spiro atoms. The number of nitrogens with zero attached hydrogens (tertiary/aromatic N) is 2. The van der Waals surface area contributed by atoms with Crippen molar-refractivity contribution in [1.82, 2.24) is 4.90 Å². The van der Waals surface area contributed by atoms with Crippen LogP contribution in [-0.2, 0) is 4.79 Å². The van der Waals surface area contributed by atoms with Crippen LogP contribution in [0.2, 0.25) is 0 Å². The number of carbonyl (C=O) groups is 3. The number of hydrogen-bond donors (Lipinski definition) is 0. The number of amides is 2. The third-order valence-corrected chi connectivity index (χ3v) is 6.11. The van der Waals surface area contributed by atoms with Gasteiger partial charge in [0.25, 0.3) is 5.91 Å². The molecule has 1 atom stereocenters. The molecule has 0 saturated carbocycles. The molecule has 5 heteroatoms. The van der Waals surface area contributed by atoms with Crippen molar-refractivity contribution < 1.29 is 14.4 Å². The summed E-state index contributed by atoms with van der Waals surface area (Å²) >= 11 is 0. The molecule has 0 radical (unpaired) electrons. The van der Waals surface area contributed by atoms with E-state index in [0.717, 1.165) is 36.2 Å². The maximum absolute atomic E-state index is 13.1. The van der Waals surface area contributed by atoms with Gasteiger partial charge in [0.05, 0.1) is 6.04 Å². The molecule has 0 aromatic heterocycles. The largest absolute Gasteiger partial charge is 0.328 e. The molecule has 2 heterocycles. The lowest BCUT2D eigenvalue weighted by atomic mass is 9.98. The first-order valence-electron chi connectivity index (χ1n) is 10.3. The van der Waals surface area contributed by atoms with E-state index >= 15 is 0 Å². The number of rotatable bonds is 4. The van der Waals surface area contributed by atoms with Crippen molar-refractivity contribution in [1.29, 1.82) is 0 Å². The van der Waals surface area contributed by atoms with Crippen molar-refractivity contribution in [2.75, 3.05) is 18.0 Å². The van der Waals surface area contributed by atoms with Crippen molar-refractivity contribution >= 4 is 23.3 Å². The summed E-state index contributed by atoms with van der Waals surface area (Å²) in [7, 11) is 0. The van der Waals surface area contributed by atoms with Crippen molar-refractivity contribution in [2.45, 2.75) is 45.6 Å². The molecular weight excluding hydrogens is 364 g/mol. The molecule has 0 bridgehead atoms. The van der Waals surface area contributed by atoms with Gasteiger partial charge in [-0.2, -0.15) is 0 Å². The fourth-order valence-corrected chi connectivity index (χ4v) is 4.24. The van der Waals surface area contributed by atoms with Gasteiger partial charge in [0, 0.05) is 36.3 Å². The zero-order chi connectivity index (χ0) is 20.5. The van der Waals surface area contributed by atoms with Crippen molar-refractivity contribution in [2.24, 2.45) is 0 Å². The average molecular weight is 390 g/mol.